The van der Waals surface area contributed by atoms with Crippen molar-refractivity contribution in [1.82, 2.24) is 0 Å². The highest BCUT2D eigenvalue weighted by Crippen LogP contribution is 2.35. The lowest BCUT2D eigenvalue weighted by atomic mass is 10.1. The zero-order valence-electron chi connectivity index (χ0n) is 18.8. The number of aryl methyl sites for hydroxylation is 2. The van der Waals surface area contributed by atoms with E-state index in [9.17, 15) is 14.4 Å². The van der Waals surface area contributed by atoms with Crippen LogP contribution >= 0.6 is 11.6 Å². The van der Waals surface area contributed by atoms with Gasteiger partial charge in [0.25, 0.3) is 17.7 Å². The summed E-state index contributed by atoms with van der Waals surface area (Å²) in [6.45, 7) is 3.91. The van der Waals surface area contributed by atoms with E-state index >= 15 is 0 Å². The zero-order valence-corrected chi connectivity index (χ0v) is 19.6. The Morgan fingerprint density at radius 3 is 2.29 bits per heavy atom. The van der Waals surface area contributed by atoms with Crippen LogP contribution in [0.3, 0.4) is 0 Å². The first-order chi connectivity index (χ1) is 16.3. The fraction of sp³-hybridized carbons (Fsp3) is 0.115. The normalized spacial score (nSPS) is 13.4. The second-order valence-corrected chi connectivity index (χ2v) is 8.22. The summed E-state index contributed by atoms with van der Waals surface area (Å²) in [5.74, 6) is -1.23. The SMILES string of the molecule is COc1ccccc1N1C(=O)C(Cl)=C(Nc2cccc(C(=O)Nc3cc(C)cc(C)c3)c2)C1=O. The van der Waals surface area contributed by atoms with E-state index in [1.165, 1.54) is 7.11 Å². The summed E-state index contributed by atoms with van der Waals surface area (Å²) in [7, 11) is 1.45. The number of hydrogen-bond donors (Lipinski definition) is 2. The van der Waals surface area contributed by atoms with Gasteiger partial charge in [0.2, 0.25) is 0 Å². The van der Waals surface area contributed by atoms with E-state index in [1.807, 2.05) is 32.0 Å². The maximum atomic E-state index is 13.1. The minimum atomic E-state index is -0.664. The summed E-state index contributed by atoms with van der Waals surface area (Å²) < 4.78 is 5.28. The van der Waals surface area contributed by atoms with E-state index in [-0.39, 0.29) is 22.3 Å². The summed E-state index contributed by atoms with van der Waals surface area (Å²) in [6, 6.07) is 19.0. The Bertz CT molecular complexity index is 1330. The minimum Gasteiger partial charge on any atom is -0.495 e. The number of para-hydroxylation sites is 2. The van der Waals surface area contributed by atoms with Crippen molar-refractivity contribution in [3.05, 3.63) is 94.1 Å². The van der Waals surface area contributed by atoms with E-state index in [0.29, 0.717) is 22.7 Å². The molecule has 1 aliphatic rings. The molecule has 0 aromatic heterocycles. The van der Waals surface area contributed by atoms with Gasteiger partial charge in [-0.25, -0.2) is 4.90 Å². The van der Waals surface area contributed by atoms with Crippen LogP contribution < -0.4 is 20.3 Å². The maximum absolute atomic E-state index is 13.1. The molecule has 2 N–H and O–H groups in total. The van der Waals surface area contributed by atoms with Crippen molar-refractivity contribution in [3.8, 4) is 5.75 Å². The van der Waals surface area contributed by atoms with Crippen LogP contribution in [0.25, 0.3) is 0 Å². The number of halogens is 1. The molecule has 1 aliphatic heterocycles. The van der Waals surface area contributed by atoms with Crippen molar-refractivity contribution < 1.29 is 19.1 Å². The Balaban J connectivity index is 1.56. The molecule has 3 amide bonds. The Kier molecular flexibility index (Phi) is 6.38. The van der Waals surface area contributed by atoms with Gasteiger partial charge in [0.15, 0.2) is 0 Å². The third kappa shape index (κ3) is 4.51. The van der Waals surface area contributed by atoms with Gasteiger partial charge in [0.1, 0.15) is 16.5 Å². The van der Waals surface area contributed by atoms with Gasteiger partial charge in [-0.1, -0.05) is 35.9 Å². The molecule has 0 saturated carbocycles. The summed E-state index contributed by atoms with van der Waals surface area (Å²) in [5.41, 5.74) is 3.78. The number of amides is 3. The average Bonchev–Trinajstić information content (AvgIpc) is 3.01. The summed E-state index contributed by atoms with van der Waals surface area (Å²) in [4.78, 5) is 39.6. The second-order valence-electron chi connectivity index (χ2n) is 7.84. The van der Waals surface area contributed by atoms with E-state index in [1.54, 1.807) is 48.5 Å². The van der Waals surface area contributed by atoms with Crippen LogP contribution in [0, 0.1) is 13.8 Å². The molecule has 172 valence electrons. The van der Waals surface area contributed by atoms with Crippen molar-refractivity contribution in [1.29, 1.82) is 0 Å². The van der Waals surface area contributed by atoms with Gasteiger partial charge >= 0.3 is 0 Å². The summed E-state index contributed by atoms with van der Waals surface area (Å²) in [6.07, 6.45) is 0. The third-order valence-electron chi connectivity index (χ3n) is 5.23. The van der Waals surface area contributed by atoms with Gasteiger partial charge in [-0.15, -0.1) is 0 Å². The number of carbonyl (C=O) groups is 3. The molecule has 7 nitrogen and oxygen atoms in total. The lowest BCUT2D eigenvalue weighted by Gasteiger charge is -2.18. The molecule has 0 fully saturated rings. The Labute approximate surface area is 202 Å². The van der Waals surface area contributed by atoms with Gasteiger partial charge in [0.05, 0.1) is 12.8 Å². The quantitative estimate of drug-likeness (QED) is 0.490. The van der Waals surface area contributed by atoms with Gasteiger partial charge in [-0.3, -0.25) is 14.4 Å². The lowest BCUT2D eigenvalue weighted by molar-refractivity contribution is -0.120. The largest absolute Gasteiger partial charge is 0.495 e. The van der Waals surface area contributed by atoms with Crippen LogP contribution in [0.1, 0.15) is 21.5 Å². The highest BCUT2D eigenvalue weighted by Gasteiger charge is 2.40. The number of hydrogen-bond acceptors (Lipinski definition) is 5. The average molecular weight is 476 g/mol. The molecule has 0 radical (unpaired) electrons. The van der Waals surface area contributed by atoms with Gasteiger partial charge < -0.3 is 15.4 Å². The molecule has 0 atom stereocenters. The van der Waals surface area contributed by atoms with Crippen LogP contribution in [-0.4, -0.2) is 24.8 Å². The lowest BCUT2D eigenvalue weighted by Crippen LogP contribution is -2.32. The number of rotatable bonds is 6. The van der Waals surface area contributed by atoms with Crippen molar-refractivity contribution in [2.75, 3.05) is 22.6 Å². The summed E-state index contributed by atoms with van der Waals surface area (Å²) in [5, 5.41) is 5.53. The Morgan fingerprint density at radius 2 is 1.59 bits per heavy atom. The van der Waals surface area contributed by atoms with Crippen LogP contribution in [-0.2, 0) is 9.59 Å². The highest BCUT2D eigenvalue weighted by atomic mass is 35.5. The number of benzene rings is 3. The second kappa shape index (κ2) is 9.41. The Hall–Kier alpha value is -4.10. The monoisotopic (exact) mass is 475 g/mol. The van der Waals surface area contributed by atoms with E-state index < -0.39 is 11.8 Å². The van der Waals surface area contributed by atoms with Crippen molar-refractivity contribution in [2.24, 2.45) is 0 Å². The molecular formula is C26H22ClN3O4. The standard InChI is InChI=1S/C26H22ClN3O4/c1-15-11-16(2)13-19(12-15)29-24(31)17-7-6-8-18(14-17)28-23-22(27)25(32)30(26(23)33)20-9-4-5-10-21(20)34-3/h4-14,28H,1-3H3,(H,29,31). The first-order valence-corrected chi connectivity index (χ1v) is 10.8. The fourth-order valence-corrected chi connectivity index (χ4v) is 3.99. The van der Waals surface area contributed by atoms with Crippen LogP contribution in [0.15, 0.2) is 77.5 Å². The molecule has 34 heavy (non-hydrogen) atoms. The number of methoxy groups -OCH3 is 1. The first-order valence-electron chi connectivity index (χ1n) is 10.5. The number of anilines is 3. The molecule has 0 unspecified atom stereocenters. The van der Waals surface area contributed by atoms with E-state index in [2.05, 4.69) is 10.6 Å². The Morgan fingerprint density at radius 1 is 0.882 bits per heavy atom. The number of nitrogens with zero attached hydrogens (tertiary/aromatic N) is 1. The molecule has 3 aromatic rings. The molecule has 0 spiro atoms. The van der Waals surface area contributed by atoms with Crippen molar-refractivity contribution >= 4 is 46.4 Å². The third-order valence-corrected chi connectivity index (χ3v) is 5.58. The van der Waals surface area contributed by atoms with E-state index in [0.717, 1.165) is 16.0 Å². The van der Waals surface area contributed by atoms with Crippen LogP contribution in [0.2, 0.25) is 0 Å². The zero-order chi connectivity index (χ0) is 24.4. The van der Waals surface area contributed by atoms with Crippen LogP contribution in [0.4, 0.5) is 17.1 Å². The molecule has 1 heterocycles. The molecule has 0 bridgehead atoms. The predicted octanol–water partition coefficient (Wildman–Crippen LogP) is 5.00. The molecule has 8 heteroatoms. The fourth-order valence-electron chi connectivity index (χ4n) is 3.78. The molecular weight excluding hydrogens is 454 g/mol. The van der Waals surface area contributed by atoms with Gasteiger partial charge in [-0.05, 0) is 67.4 Å². The molecule has 0 aliphatic carbocycles. The van der Waals surface area contributed by atoms with Crippen molar-refractivity contribution in [2.45, 2.75) is 13.8 Å². The topological polar surface area (TPSA) is 87.7 Å². The maximum Gasteiger partial charge on any atom is 0.283 e. The number of nitrogens with one attached hydrogen (secondary N) is 2. The summed E-state index contributed by atoms with van der Waals surface area (Å²) >= 11 is 6.24. The molecule has 3 aromatic carbocycles. The molecule has 0 saturated heterocycles. The molecule has 4 rings (SSSR count). The number of ether oxygens (including phenoxy) is 1. The first kappa shape index (κ1) is 23.1. The minimum absolute atomic E-state index is 0.0792. The van der Waals surface area contributed by atoms with Gasteiger partial charge in [0, 0.05) is 16.9 Å². The van der Waals surface area contributed by atoms with Gasteiger partial charge in [-0.2, -0.15) is 0 Å². The van der Waals surface area contributed by atoms with Crippen LogP contribution in [0.5, 0.6) is 5.75 Å². The van der Waals surface area contributed by atoms with Crippen molar-refractivity contribution in [3.63, 3.8) is 0 Å². The number of carbonyl (C=O) groups excluding carboxylic acids is 3. The highest BCUT2D eigenvalue weighted by molar-refractivity contribution is 6.53. The smallest absolute Gasteiger partial charge is 0.283 e. The predicted molar refractivity (Wildman–Crippen MR) is 132 cm³/mol. The number of imide groups is 1. The van der Waals surface area contributed by atoms with E-state index in [4.69, 9.17) is 16.3 Å².